The molecule has 0 unspecified atom stereocenters. The standard InChI is InChI=1S/C14H14FN3O4/c1-3-22-14(20)12(17-21)11-7-18(2)13(19)9-6-8(15)4-5-10(9)16-11/h4-6,21H,3,7H2,1-2H3/b17-12+. The summed E-state index contributed by atoms with van der Waals surface area (Å²) in [6.07, 6.45) is 0. The van der Waals surface area contributed by atoms with Crippen molar-refractivity contribution in [1.29, 1.82) is 0 Å². The van der Waals surface area contributed by atoms with Crippen LogP contribution < -0.4 is 0 Å². The number of amides is 1. The van der Waals surface area contributed by atoms with E-state index >= 15 is 0 Å². The Labute approximate surface area is 125 Å². The zero-order valence-corrected chi connectivity index (χ0v) is 12.0. The van der Waals surface area contributed by atoms with Gasteiger partial charge in [-0.15, -0.1) is 0 Å². The monoisotopic (exact) mass is 307 g/mol. The van der Waals surface area contributed by atoms with Crippen LogP contribution >= 0.6 is 0 Å². The maximum atomic E-state index is 13.3. The number of oxime groups is 1. The van der Waals surface area contributed by atoms with Gasteiger partial charge in [-0.1, -0.05) is 5.16 Å². The minimum absolute atomic E-state index is 0.0576. The van der Waals surface area contributed by atoms with Gasteiger partial charge in [-0.2, -0.15) is 0 Å². The average molecular weight is 307 g/mol. The number of benzene rings is 1. The molecule has 0 saturated carbocycles. The highest BCUT2D eigenvalue weighted by atomic mass is 19.1. The van der Waals surface area contributed by atoms with E-state index in [9.17, 15) is 14.0 Å². The third-order valence-electron chi connectivity index (χ3n) is 3.02. The fourth-order valence-corrected chi connectivity index (χ4v) is 2.00. The molecule has 2 rings (SSSR count). The molecule has 1 aromatic carbocycles. The average Bonchev–Trinajstić information content (AvgIpc) is 2.59. The third kappa shape index (κ3) is 2.95. The molecule has 1 aliphatic rings. The molecule has 1 aliphatic heterocycles. The summed E-state index contributed by atoms with van der Waals surface area (Å²) in [4.78, 5) is 29.4. The SMILES string of the molecule is CCOC(=O)/C(=N/O)C1=Nc2ccc(F)cc2C(=O)N(C)C1. The molecule has 0 radical (unpaired) electrons. The van der Waals surface area contributed by atoms with Gasteiger partial charge >= 0.3 is 5.97 Å². The first-order valence-electron chi connectivity index (χ1n) is 6.50. The van der Waals surface area contributed by atoms with E-state index < -0.39 is 23.4 Å². The first-order valence-corrected chi connectivity index (χ1v) is 6.50. The number of hydrogen-bond acceptors (Lipinski definition) is 6. The molecule has 116 valence electrons. The highest BCUT2D eigenvalue weighted by molar-refractivity contribution is 6.66. The van der Waals surface area contributed by atoms with Gasteiger partial charge in [-0.25, -0.2) is 14.2 Å². The van der Waals surface area contributed by atoms with Crippen molar-refractivity contribution in [3.8, 4) is 0 Å². The van der Waals surface area contributed by atoms with Crippen LogP contribution in [0.15, 0.2) is 28.3 Å². The van der Waals surface area contributed by atoms with E-state index in [1.807, 2.05) is 0 Å². The molecule has 22 heavy (non-hydrogen) atoms. The van der Waals surface area contributed by atoms with Crippen molar-refractivity contribution < 1.29 is 23.9 Å². The second kappa shape index (κ2) is 6.33. The molecule has 0 bridgehead atoms. The smallest absolute Gasteiger partial charge is 0.362 e. The summed E-state index contributed by atoms with van der Waals surface area (Å²) in [6, 6.07) is 3.54. The number of esters is 1. The number of nitrogens with zero attached hydrogens (tertiary/aromatic N) is 3. The number of halogens is 1. The number of hydrogen-bond donors (Lipinski definition) is 1. The zero-order chi connectivity index (χ0) is 16.3. The zero-order valence-electron chi connectivity index (χ0n) is 12.0. The molecule has 1 aromatic rings. The molecular formula is C14H14FN3O4. The maximum absolute atomic E-state index is 13.3. The molecule has 0 fully saturated rings. The van der Waals surface area contributed by atoms with Crippen molar-refractivity contribution in [2.75, 3.05) is 20.2 Å². The minimum atomic E-state index is -0.852. The molecule has 1 amide bonds. The normalized spacial score (nSPS) is 15.0. The summed E-state index contributed by atoms with van der Waals surface area (Å²) in [6.45, 7) is 1.63. The Morgan fingerprint density at radius 3 is 2.91 bits per heavy atom. The van der Waals surface area contributed by atoms with Gasteiger partial charge in [0, 0.05) is 7.05 Å². The van der Waals surface area contributed by atoms with Crippen LogP contribution in [0.2, 0.25) is 0 Å². The highest BCUT2D eigenvalue weighted by Gasteiger charge is 2.28. The van der Waals surface area contributed by atoms with Crippen molar-refractivity contribution in [3.05, 3.63) is 29.6 Å². The lowest BCUT2D eigenvalue weighted by atomic mass is 10.1. The Kier molecular flexibility index (Phi) is 4.50. The van der Waals surface area contributed by atoms with Crippen LogP contribution in [0.4, 0.5) is 10.1 Å². The highest BCUT2D eigenvalue weighted by Crippen LogP contribution is 2.24. The third-order valence-corrected chi connectivity index (χ3v) is 3.02. The molecule has 0 saturated heterocycles. The lowest BCUT2D eigenvalue weighted by molar-refractivity contribution is -0.134. The molecule has 1 N–H and O–H groups in total. The summed E-state index contributed by atoms with van der Waals surface area (Å²) >= 11 is 0. The van der Waals surface area contributed by atoms with Crippen LogP contribution in [0.1, 0.15) is 17.3 Å². The Morgan fingerprint density at radius 2 is 2.27 bits per heavy atom. The van der Waals surface area contributed by atoms with Crippen LogP contribution in [0.25, 0.3) is 0 Å². The number of carbonyl (C=O) groups excluding carboxylic acids is 2. The second-order valence-electron chi connectivity index (χ2n) is 4.55. The molecule has 0 atom stereocenters. The summed E-state index contributed by atoms with van der Waals surface area (Å²) in [5.41, 5.74) is -0.0734. The largest absolute Gasteiger partial charge is 0.461 e. The molecule has 7 nitrogen and oxygen atoms in total. The first kappa shape index (κ1) is 15.6. The molecule has 0 aromatic heterocycles. The Morgan fingerprint density at radius 1 is 1.55 bits per heavy atom. The van der Waals surface area contributed by atoms with Gasteiger partial charge in [-0.05, 0) is 25.1 Å². The molecule has 0 spiro atoms. The number of fused-ring (bicyclic) bond motifs is 1. The Bertz CT molecular complexity index is 685. The predicted molar refractivity (Wildman–Crippen MR) is 76.3 cm³/mol. The Balaban J connectivity index is 2.51. The molecule has 8 heteroatoms. The van der Waals surface area contributed by atoms with E-state index in [1.165, 1.54) is 18.0 Å². The van der Waals surface area contributed by atoms with E-state index in [0.717, 1.165) is 12.1 Å². The van der Waals surface area contributed by atoms with E-state index in [2.05, 4.69) is 10.1 Å². The van der Waals surface area contributed by atoms with E-state index in [-0.39, 0.29) is 30.1 Å². The lowest BCUT2D eigenvalue weighted by Crippen LogP contribution is -2.37. The van der Waals surface area contributed by atoms with Crippen LogP contribution in [0.3, 0.4) is 0 Å². The summed E-state index contributed by atoms with van der Waals surface area (Å²) < 4.78 is 18.1. The van der Waals surface area contributed by atoms with Crippen LogP contribution in [-0.4, -0.2) is 53.6 Å². The number of carbonyl (C=O) groups is 2. The van der Waals surface area contributed by atoms with Gasteiger partial charge < -0.3 is 14.8 Å². The summed E-state index contributed by atoms with van der Waals surface area (Å²) in [5.74, 6) is -1.87. The van der Waals surface area contributed by atoms with Crippen molar-refractivity contribution in [2.45, 2.75) is 6.92 Å². The first-order chi connectivity index (χ1) is 10.5. The molecule has 0 aliphatic carbocycles. The van der Waals surface area contributed by atoms with Gasteiger partial charge in [0.05, 0.1) is 30.1 Å². The van der Waals surface area contributed by atoms with Crippen molar-refractivity contribution in [1.82, 2.24) is 4.90 Å². The minimum Gasteiger partial charge on any atom is -0.461 e. The van der Waals surface area contributed by atoms with E-state index in [1.54, 1.807) is 6.92 Å². The van der Waals surface area contributed by atoms with Crippen LogP contribution in [-0.2, 0) is 9.53 Å². The van der Waals surface area contributed by atoms with Crippen LogP contribution in [0.5, 0.6) is 0 Å². The molecular weight excluding hydrogens is 293 g/mol. The summed E-state index contributed by atoms with van der Waals surface area (Å²) in [7, 11) is 1.47. The van der Waals surface area contributed by atoms with Gasteiger partial charge in [0.25, 0.3) is 5.91 Å². The number of aliphatic imine (C=N–C) groups is 1. The van der Waals surface area contributed by atoms with Crippen molar-refractivity contribution in [2.24, 2.45) is 10.1 Å². The van der Waals surface area contributed by atoms with E-state index in [0.29, 0.717) is 0 Å². The van der Waals surface area contributed by atoms with Crippen molar-refractivity contribution in [3.63, 3.8) is 0 Å². The van der Waals surface area contributed by atoms with Crippen molar-refractivity contribution >= 4 is 29.0 Å². The number of ether oxygens (including phenoxy) is 1. The Hall–Kier alpha value is -2.77. The van der Waals surface area contributed by atoms with Crippen LogP contribution in [0, 0.1) is 5.82 Å². The van der Waals surface area contributed by atoms with Gasteiger partial charge in [0.15, 0.2) is 0 Å². The topological polar surface area (TPSA) is 91.6 Å². The quantitative estimate of drug-likeness (QED) is 0.395. The van der Waals surface area contributed by atoms with E-state index in [4.69, 9.17) is 9.94 Å². The summed E-state index contributed by atoms with van der Waals surface area (Å²) in [5, 5.41) is 12.0. The van der Waals surface area contributed by atoms with Gasteiger partial charge in [0.1, 0.15) is 5.82 Å². The fourth-order valence-electron chi connectivity index (χ4n) is 2.00. The second-order valence-corrected chi connectivity index (χ2v) is 4.55. The maximum Gasteiger partial charge on any atom is 0.362 e. The number of rotatable bonds is 3. The molecule has 1 heterocycles. The van der Waals surface area contributed by atoms with Gasteiger partial charge in [0.2, 0.25) is 5.71 Å². The lowest BCUT2D eigenvalue weighted by Gasteiger charge is -2.15. The fraction of sp³-hybridized carbons (Fsp3) is 0.286. The predicted octanol–water partition coefficient (Wildman–Crippen LogP) is 1.38. The van der Waals surface area contributed by atoms with Gasteiger partial charge in [-0.3, -0.25) is 4.79 Å².